The van der Waals surface area contributed by atoms with Crippen molar-refractivity contribution in [1.82, 2.24) is 14.7 Å². The van der Waals surface area contributed by atoms with Gasteiger partial charge in [-0.05, 0) is 50.4 Å². The van der Waals surface area contributed by atoms with Gasteiger partial charge in [0.2, 0.25) is 0 Å². The van der Waals surface area contributed by atoms with E-state index in [9.17, 15) is 13.6 Å². The van der Waals surface area contributed by atoms with E-state index in [-0.39, 0.29) is 11.1 Å². The SMILES string of the molecule is CN1CCc2c(c(N3CCCc4cc(C=O)c(C(F)F)cc43)nn2C2CCOCC2)C1. The highest BCUT2D eigenvalue weighted by atomic mass is 19.3. The number of ether oxygens (including phenoxy) is 1. The van der Waals surface area contributed by atoms with Gasteiger partial charge >= 0.3 is 0 Å². The highest BCUT2D eigenvalue weighted by molar-refractivity contribution is 5.81. The lowest BCUT2D eigenvalue weighted by Gasteiger charge is -2.32. The second kappa shape index (κ2) is 8.31. The van der Waals surface area contributed by atoms with Crippen molar-refractivity contribution in [2.45, 2.75) is 51.1 Å². The van der Waals surface area contributed by atoms with Gasteiger partial charge in [0, 0.05) is 67.3 Å². The summed E-state index contributed by atoms with van der Waals surface area (Å²) in [5.74, 6) is 0.882. The molecule has 0 radical (unpaired) electrons. The van der Waals surface area contributed by atoms with E-state index >= 15 is 0 Å². The van der Waals surface area contributed by atoms with Crippen LogP contribution >= 0.6 is 0 Å². The summed E-state index contributed by atoms with van der Waals surface area (Å²) in [6.45, 7) is 4.00. The average molecular weight is 430 g/mol. The van der Waals surface area contributed by atoms with Gasteiger partial charge in [0.25, 0.3) is 6.43 Å². The Balaban J connectivity index is 1.62. The molecule has 166 valence electrons. The number of aldehydes is 1. The zero-order valence-electron chi connectivity index (χ0n) is 17.8. The molecule has 6 nitrogen and oxygen atoms in total. The number of benzene rings is 1. The first-order chi connectivity index (χ1) is 15.1. The number of aromatic nitrogens is 2. The lowest BCUT2D eigenvalue weighted by atomic mass is 9.95. The molecule has 0 spiro atoms. The van der Waals surface area contributed by atoms with Crippen LogP contribution in [0.5, 0.6) is 0 Å². The van der Waals surface area contributed by atoms with Crippen molar-refractivity contribution in [3.05, 3.63) is 40.1 Å². The first-order valence-electron chi connectivity index (χ1n) is 11.1. The van der Waals surface area contributed by atoms with Gasteiger partial charge in [-0.3, -0.25) is 9.48 Å². The first-order valence-corrected chi connectivity index (χ1v) is 11.1. The predicted molar refractivity (Wildman–Crippen MR) is 113 cm³/mol. The molecule has 0 aliphatic carbocycles. The maximum absolute atomic E-state index is 13.7. The van der Waals surface area contributed by atoms with Gasteiger partial charge in [-0.15, -0.1) is 0 Å². The van der Waals surface area contributed by atoms with E-state index in [4.69, 9.17) is 9.84 Å². The van der Waals surface area contributed by atoms with Crippen LogP contribution < -0.4 is 4.90 Å². The smallest absolute Gasteiger partial charge is 0.264 e. The molecule has 0 amide bonds. The molecule has 1 saturated heterocycles. The molecule has 1 aromatic heterocycles. The number of carbonyl (C=O) groups excluding carboxylic acids is 1. The molecule has 0 N–H and O–H groups in total. The molecule has 2 aromatic rings. The third kappa shape index (κ3) is 3.65. The highest BCUT2D eigenvalue weighted by Gasteiger charge is 2.32. The number of anilines is 2. The molecular weight excluding hydrogens is 402 g/mol. The third-order valence-corrected chi connectivity index (χ3v) is 6.81. The van der Waals surface area contributed by atoms with Crippen LogP contribution in [0.25, 0.3) is 0 Å². The van der Waals surface area contributed by atoms with Crippen molar-refractivity contribution >= 4 is 17.8 Å². The van der Waals surface area contributed by atoms with E-state index in [0.717, 1.165) is 82.0 Å². The summed E-state index contributed by atoms with van der Waals surface area (Å²) in [7, 11) is 2.11. The summed E-state index contributed by atoms with van der Waals surface area (Å²) in [4.78, 5) is 15.8. The minimum Gasteiger partial charge on any atom is -0.381 e. The lowest BCUT2D eigenvalue weighted by molar-refractivity contribution is 0.0651. The number of rotatable bonds is 4. The van der Waals surface area contributed by atoms with Crippen molar-refractivity contribution in [3.63, 3.8) is 0 Å². The van der Waals surface area contributed by atoms with E-state index in [1.807, 2.05) is 0 Å². The number of hydrogen-bond acceptors (Lipinski definition) is 5. The monoisotopic (exact) mass is 430 g/mol. The van der Waals surface area contributed by atoms with E-state index in [1.165, 1.54) is 17.3 Å². The second-order valence-electron chi connectivity index (χ2n) is 8.81. The molecule has 5 rings (SSSR count). The Morgan fingerprint density at radius 1 is 1.19 bits per heavy atom. The van der Waals surface area contributed by atoms with Gasteiger partial charge in [-0.2, -0.15) is 5.10 Å². The fraction of sp³-hybridized carbons (Fsp3) is 0.565. The summed E-state index contributed by atoms with van der Waals surface area (Å²) in [5, 5.41) is 5.09. The molecule has 1 fully saturated rings. The zero-order chi connectivity index (χ0) is 21.5. The molecule has 4 heterocycles. The number of hydrogen-bond donors (Lipinski definition) is 0. The van der Waals surface area contributed by atoms with Crippen molar-refractivity contribution in [2.24, 2.45) is 0 Å². The molecule has 0 saturated carbocycles. The van der Waals surface area contributed by atoms with Gasteiger partial charge in [0.05, 0.1) is 6.04 Å². The Morgan fingerprint density at radius 2 is 2.00 bits per heavy atom. The van der Waals surface area contributed by atoms with Gasteiger partial charge in [0.1, 0.15) is 0 Å². The number of fused-ring (bicyclic) bond motifs is 2. The zero-order valence-corrected chi connectivity index (χ0v) is 17.8. The Hall–Kier alpha value is -2.32. The molecule has 31 heavy (non-hydrogen) atoms. The van der Waals surface area contributed by atoms with Gasteiger partial charge in [-0.1, -0.05) is 0 Å². The summed E-state index contributed by atoms with van der Waals surface area (Å²) in [5.41, 5.74) is 4.06. The Labute approximate surface area is 180 Å². The highest BCUT2D eigenvalue weighted by Crippen LogP contribution is 2.41. The van der Waals surface area contributed by atoms with E-state index < -0.39 is 6.43 Å². The van der Waals surface area contributed by atoms with Crippen molar-refractivity contribution in [2.75, 3.05) is 38.3 Å². The molecule has 0 atom stereocenters. The van der Waals surface area contributed by atoms with E-state index in [1.54, 1.807) is 6.07 Å². The summed E-state index contributed by atoms with van der Waals surface area (Å²) < 4.78 is 35.1. The van der Waals surface area contributed by atoms with E-state index in [0.29, 0.717) is 12.3 Å². The topological polar surface area (TPSA) is 50.6 Å². The van der Waals surface area contributed by atoms with Crippen LogP contribution in [0, 0.1) is 0 Å². The summed E-state index contributed by atoms with van der Waals surface area (Å²) in [6.07, 6.45) is 2.35. The molecule has 0 unspecified atom stereocenters. The standard InChI is InChI=1S/C23H28F2N4O2/c1-27-8-4-20-19(13-27)23(26-29(20)17-5-9-31-10-6-17)28-7-2-3-15-11-16(14-30)18(22(24)25)12-21(15)28/h11-12,14,17,22H,2-10,13H2,1H3. The molecule has 3 aliphatic heterocycles. The molecule has 0 bridgehead atoms. The van der Waals surface area contributed by atoms with Crippen LogP contribution in [0.1, 0.15) is 64.5 Å². The van der Waals surface area contributed by atoms with Crippen LogP contribution in [0.15, 0.2) is 12.1 Å². The number of alkyl halides is 2. The second-order valence-corrected chi connectivity index (χ2v) is 8.81. The van der Waals surface area contributed by atoms with Crippen LogP contribution in [0.4, 0.5) is 20.3 Å². The molecule has 3 aliphatic rings. The predicted octanol–water partition coefficient (Wildman–Crippen LogP) is 4.06. The van der Waals surface area contributed by atoms with Gasteiger partial charge < -0.3 is 14.5 Å². The Morgan fingerprint density at radius 3 is 2.74 bits per heavy atom. The number of carbonyl (C=O) groups is 1. The maximum Gasteiger partial charge on any atom is 0.264 e. The number of aryl methyl sites for hydroxylation is 1. The lowest BCUT2D eigenvalue weighted by Crippen LogP contribution is -2.30. The Bertz CT molecular complexity index is 984. The normalized spacial score (nSPS) is 20.1. The minimum absolute atomic E-state index is 0.0881. The number of likely N-dealkylation sites (N-methyl/N-ethyl adjacent to an activating group) is 1. The quantitative estimate of drug-likeness (QED) is 0.685. The van der Waals surface area contributed by atoms with Crippen molar-refractivity contribution < 1.29 is 18.3 Å². The maximum atomic E-state index is 13.7. The largest absolute Gasteiger partial charge is 0.381 e. The van der Waals surface area contributed by atoms with Crippen LogP contribution in [-0.4, -0.2) is 54.3 Å². The van der Waals surface area contributed by atoms with Crippen molar-refractivity contribution in [1.29, 1.82) is 0 Å². The fourth-order valence-corrected chi connectivity index (χ4v) is 5.19. The fourth-order valence-electron chi connectivity index (χ4n) is 5.19. The minimum atomic E-state index is -2.69. The number of nitrogens with zero attached hydrogens (tertiary/aromatic N) is 4. The first kappa shape index (κ1) is 20.6. The third-order valence-electron chi connectivity index (χ3n) is 6.81. The van der Waals surface area contributed by atoms with Crippen LogP contribution in [0.2, 0.25) is 0 Å². The molecule has 8 heteroatoms. The Kier molecular flexibility index (Phi) is 5.52. The van der Waals surface area contributed by atoms with Crippen LogP contribution in [-0.2, 0) is 24.1 Å². The summed E-state index contributed by atoms with van der Waals surface area (Å²) in [6, 6.07) is 3.47. The number of halogens is 2. The molecular formula is C23H28F2N4O2. The summed E-state index contributed by atoms with van der Waals surface area (Å²) >= 11 is 0. The van der Waals surface area contributed by atoms with Gasteiger partial charge in [0.15, 0.2) is 12.1 Å². The van der Waals surface area contributed by atoms with E-state index in [2.05, 4.69) is 21.5 Å². The van der Waals surface area contributed by atoms with Crippen LogP contribution in [0.3, 0.4) is 0 Å². The average Bonchev–Trinajstić information content (AvgIpc) is 3.16. The molecule has 1 aromatic carbocycles. The van der Waals surface area contributed by atoms with Gasteiger partial charge in [-0.25, -0.2) is 8.78 Å². The van der Waals surface area contributed by atoms with Crippen molar-refractivity contribution in [3.8, 4) is 0 Å².